The number of aryl methyl sites for hydroxylation is 1. The first-order valence-electron chi connectivity index (χ1n) is 15.3. The van der Waals surface area contributed by atoms with E-state index < -0.39 is 18.2 Å². The zero-order valence-electron chi connectivity index (χ0n) is 25.3. The van der Waals surface area contributed by atoms with Crippen molar-refractivity contribution in [1.82, 2.24) is 29.6 Å². The molecular weight excluding hydrogens is 665 g/mol. The van der Waals surface area contributed by atoms with Crippen molar-refractivity contribution < 1.29 is 23.5 Å². The van der Waals surface area contributed by atoms with Gasteiger partial charge in [0.2, 0.25) is 0 Å². The number of carbonyl (C=O) groups excluding carboxylic acids is 2. The molecule has 0 spiro atoms. The number of hydrogen-bond acceptors (Lipinski definition) is 9. The lowest BCUT2D eigenvalue weighted by atomic mass is 10.0. The summed E-state index contributed by atoms with van der Waals surface area (Å²) in [4.78, 5) is 40.0. The summed E-state index contributed by atoms with van der Waals surface area (Å²) >= 11 is 13.7. The number of rotatable bonds is 8. The maximum absolute atomic E-state index is 13.9. The SMILES string of the molecule is O=C(Nc1cccc(-c2cccc(Nc3nc(C(F)F)nc4cc(CN5CC[C@@H](O)C5)cnc34)c2Cl)c1Cl)c1cc2n(n1)CCCC2=O. The highest BCUT2D eigenvalue weighted by molar-refractivity contribution is 6.39. The maximum Gasteiger partial charge on any atom is 0.297 e. The van der Waals surface area contributed by atoms with E-state index in [1.54, 1.807) is 48.7 Å². The normalized spacial score (nSPS) is 16.5. The third-order valence-corrected chi connectivity index (χ3v) is 9.13. The van der Waals surface area contributed by atoms with Crippen LogP contribution in [0.5, 0.6) is 0 Å². The Morgan fingerprint density at radius 3 is 2.50 bits per heavy atom. The number of pyridine rings is 1. The maximum atomic E-state index is 13.9. The summed E-state index contributed by atoms with van der Waals surface area (Å²) in [5.74, 6) is -1.20. The molecule has 0 radical (unpaired) electrons. The lowest BCUT2D eigenvalue weighted by Gasteiger charge is -2.17. The molecule has 2 aliphatic rings. The molecule has 11 nitrogen and oxygen atoms in total. The number of anilines is 3. The molecule has 1 saturated heterocycles. The highest BCUT2D eigenvalue weighted by Gasteiger charge is 2.25. The van der Waals surface area contributed by atoms with E-state index in [0.29, 0.717) is 67.1 Å². The number of likely N-dealkylation sites (tertiary alicyclic amines) is 1. The number of benzene rings is 2. The van der Waals surface area contributed by atoms with Crippen molar-refractivity contribution in [3.05, 3.63) is 87.5 Å². The minimum Gasteiger partial charge on any atom is -0.392 e. The lowest BCUT2D eigenvalue weighted by Crippen LogP contribution is -2.21. The van der Waals surface area contributed by atoms with E-state index in [0.717, 1.165) is 12.1 Å². The highest BCUT2D eigenvalue weighted by atomic mass is 35.5. The zero-order valence-corrected chi connectivity index (χ0v) is 26.8. The molecule has 0 saturated carbocycles. The van der Waals surface area contributed by atoms with E-state index in [2.05, 4.69) is 35.6 Å². The van der Waals surface area contributed by atoms with Crippen LogP contribution in [0.4, 0.5) is 26.0 Å². The van der Waals surface area contributed by atoms with Gasteiger partial charge in [0, 0.05) is 56.0 Å². The Bertz CT molecular complexity index is 2070. The Morgan fingerprint density at radius 1 is 1.04 bits per heavy atom. The quantitative estimate of drug-likeness (QED) is 0.163. The molecule has 0 unspecified atom stereocenters. The number of fused-ring (bicyclic) bond motifs is 2. The van der Waals surface area contributed by atoms with E-state index in [1.165, 1.54) is 10.7 Å². The standard InChI is InChI=1S/C33H28Cl2F2N8O3/c34-27-19(20-5-2-7-22(28(20)35)41-33(48)24-13-25-26(47)8-3-10-45(25)43-24)4-1-6-21(27)39-31-29-23(40-32(42-31)30(36)37)12-17(14-38-29)15-44-11-9-18(46)16-44/h1-2,4-7,12-14,18,30,46H,3,8-11,15-16H2,(H,41,48)(H,39,40,42)/t18-/m1/s1. The predicted octanol–water partition coefficient (Wildman–Crippen LogP) is 6.67. The fourth-order valence-corrected chi connectivity index (χ4v) is 6.54. The van der Waals surface area contributed by atoms with Gasteiger partial charge >= 0.3 is 0 Å². The van der Waals surface area contributed by atoms with Gasteiger partial charge in [-0.25, -0.2) is 18.7 Å². The topological polar surface area (TPSA) is 138 Å². The van der Waals surface area contributed by atoms with Crippen LogP contribution in [-0.2, 0) is 13.1 Å². The molecule has 48 heavy (non-hydrogen) atoms. The van der Waals surface area contributed by atoms with Gasteiger partial charge in [-0.1, -0.05) is 47.5 Å². The van der Waals surface area contributed by atoms with Gasteiger partial charge < -0.3 is 15.7 Å². The fourth-order valence-electron chi connectivity index (χ4n) is 5.99. The molecule has 5 heterocycles. The van der Waals surface area contributed by atoms with Gasteiger partial charge in [0.15, 0.2) is 23.1 Å². The van der Waals surface area contributed by atoms with E-state index in [4.69, 9.17) is 23.2 Å². The molecule has 2 aromatic carbocycles. The van der Waals surface area contributed by atoms with Crippen LogP contribution < -0.4 is 10.6 Å². The molecule has 1 fully saturated rings. The largest absolute Gasteiger partial charge is 0.392 e. The summed E-state index contributed by atoms with van der Waals surface area (Å²) in [5.41, 5.74) is 3.43. The van der Waals surface area contributed by atoms with Gasteiger partial charge in [-0.3, -0.25) is 24.2 Å². The Hall–Kier alpha value is -4.56. The number of nitrogens with one attached hydrogen (secondary N) is 2. The Labute approximate surface area is 282 Å². The van der Waals surface area contributed by atoms with E-state index in [-0.39, 0.29) is 44.5 Å². The molecule has 5 aromatic rings. The van der Waals surface area contributed by atoms with Crippen molar-refractivity contribution in [2.45, 2.75) is 44.9 Å². The van der Waals surface area contributed by atoms with Gasteiger partial charge in [0.1, 0.15) is 11.2 Å². The molecule has 246 valence electrons. The van der Waals surface area contributed by atoms with Crippen molar-refractivity contribution in [2.75, 3.05) is 23.7 Å². The molecule has 1 amide bonds. The van der Waals surface area contributed by atoms with Crippen molar-refractivity contribution in [2.24, 2.45) is 0 Å². The first kappa shape index (κ1) is 32.0. The number of carbonyl (C=O) groups is 2. The number of aliphatic hydroxyl groups excluding tert-OH is 1. The number of amides is 1. The summed E-state index contributed by atoms with van der Waals surface area (Å²) in [7, 11) is 0. The van der Waals surface area contributed by atoms with Crippen molar-refractivity contribution >= 4 is 63.1 Å². The molecular formula is C33H28Cl2F2N8O3. The van der Waals surface area contributed by atoms with Crippen LogP contribution in [0.2, 0.25) is 10.0 Å². The van der Waals surface area contributed by atoms with Crippen molar-refractivity contribution in [1.29, 1.82) is 0 Å². The second-order valence-corrected chi connectivity index (χ2v) is 12.5. The van der Waals surface area contributed by atoms with E-state index >= 15 is 0 Å². The van der Waals surface area contributed by atoms with Crippen LogP contribution in [0.15, 0.2) is 54.7 Å². The summed E-state index contributed by atoms with van der Waals surface area (Å²) in [5, 5.41) is 20.4. The summed E-state index contributed by atoms with van der Waals surface area (Å²) in [6.07, 6.45) is 0.0721. The minimum absolute atomic E-state index is 0.0471. The Balaban J connectivity index is 1.17. The molecule has 15 heteroatoms. The van der Waals surface area contributed by atoms with Crippen LogP contribution in [0.3, 0.4) is 0 Å². The molecule has 3 N–H and O–H groups in total. The van der Waals surface area contributed by atoms with Gasteiger partial charge in [0.25, 0.3) is 12.3 Å². The number of β-amino-alcohol motifs (C(OH)–C–C–N with tert-alkyl or cyclic N) is 1. The Kier molecular flexibility index (Phi) is 8.77. The third-order valence-electron chi connectivity index (χ3n) is 8.32. The number of halogens is 4. The fraction of sp³-hybridized carbons (Fsp3) is 0.273. The van der Waals surface area contributed by atoms with Crippen LogP contribution in [0, 0.1) is 0 Å². The number of ketones is 1. The van der Waals surface area contributed by atoms with Gasteiger partial charge in [0.05, 0.1) is 33.0 Å². The first-order chi connectivity index (χ1) is 23.1. The van der Waals surface area contributed by atoms with Crippen LogP contribution in [-0.4, -0.2) is 65.6 Å². The highest BCUT2D eigenvalue weighted by Crippen LogP contribution is 2.41. The average molecular weight is 694 g/mol. The van der Waals surface area contributed by atoms with Crippen LogP contribution in [0.1, 0.15) is 58.1 Å². The van der Waals surface area contributed by atoms with Crippen LogP contribution in [0.25, 0.3) is 22.2 Å². The van der Waals surface area contributed by atoms with Crippen molar-refractivity contribution in [3.63, 3.8) is 0 Å². The number of aromatic nitrogens is 5. The average Bonchev–Trinajstić information content (AvgIpc) is 3.70. The van der Waals surface area contributed by atoms with Crippen molar-refractivity contribution in [3.8, 4) is 11.1 Å². The third kappa shape index (κ3) is 6.33. The summed E-state index contributed by atoms with van der Waals surface area (Å²) in [6.45, 7) is 2.30. The number of alkyl halides is 2. The number of Topliss-reactive ketones (excluding diaryl/α,β-unsaturated/α-hetero) is 1. The molecule has 0 bridgehead atoms. The smallest absolute Gasteiger partial charge is 0.297 e. The van der Waals surface area contributed by atoms with Gasteiger partial charge in [-0.2, -0.15) is 5.10 Å². The predicted molar refractivity (Wildman–Crippen MR) is 177 cm³/mol. The number of hydrogen-bond donors (Lipinski definition) is 3. The van der Waals surface area contributed by atoms with E-state index in [1.807, 2.05) is 0 Å². The first-order valence-corrected chi connectivity index (χ1v) is 16.0. The van der Waals surface area contributed by atoms with Gasteiger partial charge in [-0.15, -0.1) is 0 Å². The molecule has 1 atom stereocenters. The summed E-state index contributed by atoms with van der Waals surface area (Å²) < 4.78 is 29.4. The van der Waals surface area contributed by atoms with E-state index in [9.17, 15) is 23.5 Å². The lowest BCUT2D eigenvalue weighted by molar-refractivity contribution is 0.0950. The molecule has 0 aliphatic carbocycles. The summed E-state index contributed by atoms with van der Waals surface area (Å²) in [6, 6.07) is 13.3. The molecule has 7 rings (SSSR count). The van der Waals surface area contributed by atoms with Gasteiger partial charge in [-0.05, 0) is 36.6 Å². The molecule has 3 aromatic heterocycles. The zero-order chi connectivity index (χ0) is 33.5. The second kappa shape index (κ2) is 13.2. The molecule has 2 aliphatic heterocycles. The Morgan fingerprint density at radius 2 is 1.79 bits per heavy atom. The monoisotopic (exact) mass is 692 g/mol. The van der Waals surface area contributed by atoms with Crippen LogP contribution >= 0.6 is 23.2 Å². The minimum atomic E-state index is -2.93. The second-order valence-electron chi connectivity index (χ2n) is 11.7. The number of aliphatic hydroxyl groups is 1. The number of nitrogens with zero attached hydrogens (tertiary/aromatic N) is 6.